The van der Waals surface area contributed by atoms with Gasteiger partial charge in [0, 0.05) is 12.6 Å². The Morgan fingerprint density at radius 1 is 1.53 bits per heavy atom. The van der Waals surface area contributed by atoms with Gasteiger partial charge in [-0.2, -0.15) is 0 Å². The second kappa shape index (κ2) is 6.05. The molecule has 0 amide bonds. The van der Waals surface area contributed by atoms with Gasteiger partial charge in [0.05, 0.1) is 5.02 Å². The van der Waals surface area contributed by atoms with Crippen LogP contribution in [0.3, 0.4) is 0 Å². The summed E-state index contributed by atoms with van der Waals surface area (Å²) in [5.41, 5.74) is 0.944. The van der Waals surface area contributed by atoms with Crippen LogP contribution in [0.1, 0.15) is 24.9 Å². The van der Waals surface area contributed by atoms with Crippen molar-refractivity contribution in [3.8, 4) is 0 Å². The van der Waals surface area contributed by atoms with Gasteiger partial charge in [-0.05, 0) is 37.6 Å². The van der Waals surface area contributed by atoms with E-state index >= 15 is 0 Å². The summed E-state index contributed by atoms with van der Waals surface area (Å²) < 4.78 is 12.9. The van der Waals surface area contributed by atoms with Gasteiger partial charge >= 0.3 is 0 Å². The number of aliphatic hydroxyl groups excluding tert-OH is 1. The average Bonchev–Trinajstić information content (AvgIpc) is 2.22. The van der Waals surface area contributed by atoms with E-state index in [-0.39, 0.29) is 17.7 Å². The summed E-state index contributed by atoms with van der Waals surface area (Å²) in [5, 5.41) is 12.0. The molecule has 2 N–H and O–H groups in total. The Balaban J connectivity index is 2.57. The lowest BCUT2D eigenvalue weighted by Gasteiger charge is -2.14. The van der Waals surface area contributed by atoms with E-state index in [1.54, 1.807) is 12.1 Å². The van der Waals surface area contributed by atoms with Crippen LogP contribution in [-0.4, -0.2) is 18.3 Å². The molecule has 0 heterocycles. The van der Waals surface area contributed by atoms with Gasteiger partial charge in [-0.15, -0.1) is 0 Å². The number of hydrogen-bond acceptors (Lipinski definition) is 2. The van der Waals surface area contributed by atoms with Crippen LogP contribution in [-0.2, 0) is 0 Å². The van der Waals surface area contributed by atoms with Gasteiger partial charge < -0.3 is 10.4 Å². The van der Waals surface area contributed by atoms with Gasteiger partial charge in [0.1, 0.15) is 5.82 Å². The third-order valence-electron chi connectivity index (χ3n) is 2.23. The molecule has 1 aromatic rings. The summed E-state index contributed by atoms with van der Waals surface area (Å²) in [5.74, 6) is -0.400. The molecule has 1 aromatic carbocycles. The number of nitrogens with one attached hydrogen (secondary N) is 1. The largest absolute Gasteiger partial charge is 0.396 e. The van der Waals surface area contributed by atoms with Gasteiger partial charge in [0.25, 0.3) is 0 Å². The molecule has 0 saturated carbocycles. The summed E-state index contributed by atoms with van der Waals surface area (Å²) in [6, 6.07) is 4.79. The molecule has 0 aliphatic rings. The van der Waals surface area contributed by atoms with Gasteiger partial charge in [-0.3, -0.25) is 0 Å². The number of benzene rings is 1. The number of aliphatic hydroxyl groups is 1. The van der Waals surface area contributed by atoms with Gasteiger partial charge in [-0.1, -0.05) is 17.7 Å². The molecular weight excluding hydrogens is 217 g/mol. The van der Waals surface area contributed by atoms with Crippen molar-refractivity contribution in [1.82, 2.24) is 5.32 Å². The lowest BCUT2D eigenvalue weighted by Crippen LogP contribution is -2.20. The minimum Gasteiger partial charge on any atom is -0.396 e. The standard InChI is InChI=1S/C11H15ClFNO/c1-8(14-5-2-6-15)9-3-4-11(13)10(12)7-9/h3-4,7-8,14-15H,2,5-6H2,1H3/t8-/m0/s1. The molecule has 84 valence electrons. The Hall–Kier alpha value is -0.640. The maximum absolute atomic E-state index is 12.9. The van der Waals surface area contributed by atoms with E-state index in [0.717, 1.165) is 12.1 Å². The maximum atomic E-state index is 12.9. The van der Waals surface area contributed by atoms with Crippen molar-refractivity contribution in [2.45, 2.75) is 19.4 Å². The Labute approximate surface area is 94.1 Å². The Morgan fingerprint density at radius 2 is 2.27 bits per heavy atom. The predicted molar refractivity (Wildman–Crippen MR) is 59.5 cm³/mol. The summed E-state index contributed by atoms with van der Waals surface area (Å²) in [6.45, 7) is 2.87. The smallest absolute Gasteiger partial charge is 0.141 e. The Morgan fingerprint density at radius 3 is 2.87 bits per heavy atom. The zero-order valence-corrected chi connectivity index (χ0v) is 9.39. The van der Waals surface area contributed by atoms with Crippen LogP contribution in [0.2, 0.25) is 5.02 Å². The third kappa shape index (κ3) is 3.78. The van der Waals surface area contributed by atoms with Crippen LogP contribution in [0.4, 0.5) is 4.39 Å². The number of rotatable bonds is 5. The van der Waals surface area contributed by atoms with E-state index in [4.69, 9.17) is 16.7 Å². The molecule has 0 bridgehead atoms. The second-order valence-corrected chi connectivity index (χ2v) is 3.83. The third-order valence-corrected chi connectivity index (χ3v) is 2.52. The van der Waals surface area contributed by atoms with Crippen LogP contribution in [0.25, 0.3) is 0 Å². The highest BCUT2D eigenvalue weighted by Gasteiger charge is 2.07. The van der Waals surface area contributed by atoms with Crippen LogP contribution in [0.5, 0.6) is 0 Å². The number of hydrogen-bond donors (Lipinski definition) is 2. The molecule has 1 rings (SSSR count). The van der Waals surface area contributed by atoms with Gasteiger partial charge in [0.15, 0.2) is 0 Å². The summed E-state index contributed by atoms with van der Waals surface area (Å²) >= 11 is 5.68. The second-order valence-electron chi connectivity index (χ2n) is 3.43. The van der Waals surface area contributed by atoms with Crippen molar-refractivity contribution >= 4 is 11.6 Å². The topological polar surface area (TPSA) is 32.3 Å². The quantitative estimate of drug-likeness (QED) is 0.764. The first kappa shape index (κ1) is 12.4. The predicted octanol–water partition coefficient (Wildman–Crippen LogP) is 2.51. The molecule has 1 atom stereocenters. The van der Waals surface area contributed by atoms with E-state index in [2.05, 4.69) is 5.32 Å². The van der Waals surface area contributed by atoms with Gasteiger partial charge in [0.2, 0.25) is 0 Å². The van der Waals surface area contributed by atoms with E-state index in [1.165, 1.54) is 6.07 Å². The van der Waals surface area contributed by atoms with E-state index in [0.29, 0.717) is 6.42 Å². The van der Waals surface area contributed by atoms with Gasteiger partial charge in [-0.25, -0.2) is 4.39 Å². The molecule has 0 saturated heterocycles. The summed E-state index contributed by atoms with van der Waals surface area (Å²) in [4.78, 5) is 0. The number of halogens is 2. The molecule has 0 aliphatic carbocycles. The zero-order chi connectivity index (χ0) is 11.3. The van der Waals surface area contributed by atoms with Crippen molar-refractivity contribution in [2.24, 2.45) is 0 Å². The molecule has 0 spiro atoms. The maximum Gasteiger partial charge on any atom is 0.141 e. The summed E-state index contributed by atoms with van der Waals surface area (Å²) in [6.07, 6.45) is 0.708. The Bertz CT molecular complexity index is 319. The van der Waals surface area contributed by atoms with Crippen LogP contribution >= 0.6 is 11.6 Å². The van der Waals surface area contributed by atoms with Crippen molar-refractivity contribution in [1.29, 1.82) is 0 Å². The fraction of sp³-hybridized carbons (Fsp3) is 0.455. The van der Waals surface area contributed by atoms with Crippen LogP contribution < -0.4 is 5.32 Å². The zero-order valence-electron chi connectivity index (χ0n) is 8.63. The first-order valence-corrected chi connectivity index (χ1v) is 5.32. The molecule has 0 unspecified atom stereocenters. The highest BCUT2D eigenvalue weighted by Crippen LogP contribution is 2.20. The minimum atomic E-state index is -0.400. The van der Waals surface area contributed by atoms with E-state index < -0.39 is 5.82 Å². The normalized spacial score (nSPS) is 12.8. The molecule has 15 heavy (non-hydrogen) atoms. The lowest BCUT2D eigenvalue weighted by atomic mass is 10.1. The molecule has 0 aliphatic heterocycles. The molecule has 0 aromatic heterocycles. The molecule has 0 fully saturated rings. The fourth-order valence-corrected chi connectivity index (χ4v) is 1.49. The monoisotopic (exact) mass is 231 g/mol. The van der Waals surface area contributed by atoms with E-state index in [9.17, 15) is 4.39 Å². The fourth-order valence-electron chi connectivity index (χ4n) is 1.30. The lowest BCUT2D eigenvalue weighted by molar-refractivity contribution is 0.284. The van der Waals surface area contributed by atoms with Crippen molar-refractivity contribution in [2.75, 3.05) is 13.2 Å². The molecule has 2 nitrogen and oxygen atoms in total. The Kier molecular flexibility index (Phi) is 5.02. The van der Waals surface area contributed by atoms with Crippen LogP contribution in [0.15, 0.2) is 18.2 Å². The van der Waals surface area contributed by atoms with Crippen LogP contribution in [0, 0.1) is 5.82 Å². The minimum absolute atomic E-state index is 0.106. The average molecular weight is 232 g/mol. The van der Waals surface area contributed by atoms with Crippen molar-refractivity contribution in [3.05, 3.63) is 34.6 Å². The first-order chi connectivity index (χ1) is 7.15. The van der Waals surface area contributed by atoms with Crippen molar-refractivity contribution in [3.63, 3.8) is 0 Å². The van der Waals surface area contributed by atoms with E-state index in [1.807, 2.05) is 6.92 Å². The molecular formula is C11H15ClFNO. The van der Waals surface area contributed by atoms with Crippen molar-refractivity contribution < 1.29 is 9.50 Å². The summed E-state index contributed by atoms with van der Waals surface area (Å²) in [7, 11) is 0. The highest BCUT2D eigenvalue weighted by molar-refractivity contribution is 6.30. The molecule has 0 radical (unpaired) electrons. The highest BCUT2D eigenvalue weighted by atomic mass is 35.5. The molecule has 4 heteroatoms. The SMILES string of the molecule is C[C@H](NCCCO)c1ccc(F)c(Cl)c1. The first-order valence-electron chi connectivity index (χ1n) is 4.94.